The van der Waals surface area contributed by atoms with Gasteiger partial charge in [-0.1, -0.05) is 19.1 Å². The molecule has 3 atom stereocenters. The lowest BCUT2D eigenvalue weighted by Gasteiger charge is -2.27. The molecule has 5 aromatic rings. The number of aromatic nitrogens is 3. The molecule has 3 aromatic heterocycles. The number of nitrogens with one attached hydrogen (secondary N) is 1. The van der Waals surface area contributed by atoms with Crippen molar-refractivity contribution in [1.29, 1.82) is 0 Å². The molecular formula is C39H43N5O8S. The number of rotatable bonds is 15. The number of nitrogens with zero attached hydrogens (tertiary/aromatic N) is 4. The van der Waals surface area contributed by atoms with Gasteiger partial charge in [0.15, 0.2) is 23.0 Å². The summed E-state index contributed by atoms with van der Waals surface area (Å²) in [5, 5.41) is 4.50. The van der Waals surface area contributed by atoms with Crippen LogP contribution < -0.4 is 29.2 Å². The number of benzene rings is 2. The van der Waals surface area contributed by atoms with E-state index in [1.807, 2.05) is 68.4 Å². The molecule has 53 heavy (non-hydrogen) atoms. The van der Waals surface area contributed by atoms with Gasteiger partial charge in [0.05, 0.1) is 47.0 Å². The zero-order valence-corrected chi connectivity index (χ0v) is 31.6. The lowest BCUT2D eigenvalue weighted by molar-refractivity contribution is -0.118. The smallest absolute Gasteiger partial charge is 0.264 e. The Labute approximate surface area is 309 Å². The summed E-state index contributed by atoms with van der Waals surface area (Å²) in [5.74, 6) is 2.59. The molecule has 1 amide bonds. The number of aryl methyl sites for hydroxylation is 1. The number of carbonyl (C=O) groups is 1. The van der Waals surface area contributed by atoms with E-state index in [1.165, 1.54) is 0 Å². The standard InChI is InChI=1S/C39H43N5O8S/c1-23-12-13-40-18-28(23)31-16-27-17-36(43-39(45)37-24(2)30(37)22-52-53(7,46)47)41-19-29(27)38(42-31)44(20-25-8-10-32(48-3)34(14-25)50-5)21-26-9-11-33(49-4)35(15-26)51-6/h8-19,24,30,37H,20-22H2,1-7H3,(H,41,43,45). The third-order valence-corrected chi connectivity index (χ3v) is 10.1. The van der Waals surface area contributed by atoms with E-state index in [0.717, 1.165) is 39.3 Å². The Morgan fingerprint density at radius 1 is 0.849 bits per heavy atom. The van der Waals surface area contributed by atoms with Crippen molar-refractivity contribution in [2.24, 2.45) is 17.8 Å². The van der Waals surface area contributed by atoms with Crippen molar-refractivity contribution in [2.75, 3.05) is 51.5 Å². The van der Waals surface area contributed by atoms with E-state index in [-0.39, 0.29) is 24.3 Å². The number of hydrogen-bond acceptors (Lipinski definition) is 12. The highest BCUT2D eigenvalue weighted by molar-refractivity contribution is 7.85. The van der Waals surface area contributed by atoms with Crippen LogP contribution in [0.2, 0.25) is 0 Å². The number of fused-ring (bicyclic) bond motifs is 1. The molecule has 0 aliphatic heterocycles. The highest BCUT2D eigenvalue weighted by atomic mass is 32.2. The van der Waals surface area contributed by atoms with Crippen LogP contribution >= 0.6 is 0 Å². The monoisotopic (exact) mass is 741 g/mol. The number of hydrogen-bond donors (Lipinski definition) is 1. The second kappa shape index (κ2) is 15.6. The maximum Gasteiger partial charge on any atom is 0.264 e. The number of carbonyl (C=O) groups excluding carboxylic acids is 1. The van der Waals surface area contributed by atoms with Crippen molar-refractivity contribution in [2.45, 2.75) is 26.9 Å². The molecule has 1 aliphatic rings. The maximum atomic E-state index is 13.3. The lowest BCUT2D eigenvalue weighted by Crippen LogP contribution is -2.24. The molecule has 1 saturated carbocycles. The first-order valence-corrected chi connectivity index (χ1v) is 18.8. The van der Waals surface area contributed by atoms with Crippen LogP contribution in [-0.4, -0.2) is 70.6 Å². The number of methoxy groups -OCH3 is 4. The fraction of sp³-hybridized carbons (Fsp3) is 0.333. The van der Waals surface area contributed by atoms with Crippen LogP contribution in [0.4, 0.5) is 11.6 Å². The molecule has 6 rings (SSSR count). The van der Waals surface area contributed by atoms with E-state index in [2.05, 4.69) is 20.2 Å². The summed E-state index contributed by atoms with van der Waals surface area (Å²) in [4.78, 5) is 29.8. The number of anilines is 2. The topological polar surface area (TPSA) is 151 Å². The molecule has 13 nitrogen and oxygen atoms in total. The number of pyridine rings is 3. The number of amides is 1. The van der Waals surface area contributed by atoms with E-state index < -0.39 is 16.0 Å². The zero-order chi connectivity index (χ0) is 37.9. The molecule has 1 aliphatic carbocycles. The quantitative estimate of drug-likeness (QED) is 0.125. The van der Waals surface area contributed by atoms with Gasteiger partial charge in [0, 0.05) is 48.5 Å². The summed E-state index contributed by atoms with van der Waals surface area (Å²) in [6.45, 7) is 4.73. The van der Waals surface area contributed by atoms with Gasteiger partial charge in [-0.2, -0.15) is 8.42 Å². The second-order valence-corrected chi connectivity index (χ2v) is 14.7. The van der Waals surface area contributed by atoms with Gasteiger partial charge in [0.25, 0.3) is 10.1 Å². The number of ether oxygens (including phenoxy) is 4. The molecule has 3 heterocycles. The van der Waals surface area contributed by atoms with Crippen LogP contribution in [0.1, 0.15) is 23.6 Å². The summed E-state index contributed by atoms with van der Waals surface area (Å²) in [7, 11) is 2.80. The second-order valence-electron chi connectivity index (χ2n) is 13.1. The first-order valence-electron chi connectivity index (χ1n) is 17.0. The average molecular weight is 742 g/mol. The van der Waals surface area contributed by atoms with Gasteiger partial charge in [-0.15, -0.1) is 0 Å². The summed E-state index contributed by atoms with van der Waals surface area (Å²) in [6.07, 6.45) is 6.24. The Morgan fingerprint density at radius 3 is 2.04 bits per heavy atom. The minimum absolute atomic E-state index is 0.0325. The fourth-order valence-electron chi connectivity index (χ4n) is 6.56. The summed E-state index contributed by atoms with van der Waals surface area (Å²) in [5.41, 5.74) is 4.45. The molecule has 0 bridgehead atoms. The van der Waals surface area contributed by atoms with Crippen LogP contribution in [0.5, 0.6) is 23.0 Å². The van der Waals surface area contributed by atoms with E-state index in [4.69, 9.17) is 28.1 Å². The Bertz CT molecular complexity index is 2190. The fourth-order valence-corrected chi connectivity index (χ4v) is 6.97. The third-order valence-electron chi connectivity index (χ3n) is 9.54. The van der Waals surface area contributed by atoms with Gasteiger partial charge in [-0.25, -0.2) is 9.97 Å². The summed E-state index contributed by atoms with van der Waals surface area (Å²) >= 11 is 0. The van der Waals surface area contributed by atoms with Crippen LogP contribution in [0.25, 0.3) is 22.0 Å². The predicted molar refractivity (Wildman–Crippen MR) is 202 cm³/mol. The van der Waals surface area contributed by atoms with Crippen molar-refractivity contribution in [1.82, 2.24) is 15.0 Å². The van der Waals surface area contributed by atoms with Crippen molar-refractivity contribution in [3.05, 3.63) is 89.9 Å². The molecule has 1 N–H and O–H groups in total. The summed E-state index contributed by atoms with van der Waals surface area (Å²) < 4.78 is 50.3. The molecule has 278 valence electrons. The zero-order valence-electron chi connectivity index (χ0n) is 30.7. The normalized spacial score (nSPS) is 16.5. The van der Waals surface area contributed by atoms with Crippen LogP contribution in [0.15, 0.2) is 73.2 Å². The molecule has 14 heteroatoms. The van der Waals surface area contributed by atoms with Gasteiger partial charge in [0.1, 0.15) is 11.6 Å². The molecule has 0 saturated heterocycles. The largest absolute Gasteiger partial charge is 0.493 e. The Morgan fingerprint density at radius 2 is 1.47 bits per heavy atom. The van der Waals surface area contributed by atoms with E-state index >= 15 is 0 Å². The molecule has 0 radical (unpaired) electrons. The summed E-state index contributed by atoms with van der Waals surface area (Å²) in [6, 6.07) is 17.3. The molecular weight excluding hydrogens is 699 g/mol. The molecule has 3 unspecified atom stereocenters. The van der Waals surface area contributed by atoms with Crippen molar-refractivity contribution < 1.29 is 36.3 Å². The third kappa shape index (κ3) is 8.44. The Kier molecular flexibility index (Phi) is 11.0. The minimum atomic E-state index is -3.61. The first-order chi connectivity index (χ1) is 25.4. The molecule has 1 fully saturated rings. The molecule has 0 spiro atoms. The van der Waals surface area contributed by atoms with Gasteiger partial charge in [-0.3, -0.25) is 14.0 Å². The van der Waals surface area contributed by atoms with Crippen LogP contribution in [0.3, 0.4) is 0 Å². The van der Waals surface area contributed by atoms with Gasteiger partial charge < -0.3 is 29.2 Å². The van der Waals surface area contributed by atoms with E-state index in [9.17, 15) is 13.2 Å². The van der Waals surface area contributed by atoms with Crippen molar-refractivity contribution in [3.63, 3.8) is 0 Å². The maximum absolute atomic E-state index is 13.3. The van der Waals surface area contributed by atoms with Crippen molar-refractivity contribution in [3.8, 4) is 34.3 Å². The SMILES string of the molecule is COc1ccc(CN(Cc2ccc(OC)c(OC)c2)c2nc(-c3cnccc3C)cc3cc(NC(=O)C4C(C)C4COS(C)(=O)=O)ncc23)cc1OC. The Balaban J connectivity index is 1.43. The Hall–Kier alpha value is -5.47. The lowest BCUT2D eigenvalue weighted by atomic mass is 10.0. The van der Waals surface area contributed by atoms with Gasteiger partial charge in [0.2, 0.25) is 5.91 Å². The molecule has 2 aromatic carbocycles. The highest BCUT2D eigenvalue weighted by Gasteiger charge is 2.52. The highest BCUT2D eigenvalue weighted by Crippen LogP contribution is 2.47. The average Bonchev–Trinajstić information content (AvgIpc) is 3.81. The van der Waals surface area contributed by atoms with E-state index in [0.29, 0.717) is 53.4 Å². The van der Waals surface area contributed by atoms with Gasteiger partial charge >= 0.3 is 0 Å². The first kappa shape index (κ1) is 37.3. The minimum Gasteiger partial charge on any atom is -0.493 e. The van der Waals surface area contributed by atoms with Gasteiger partial charge in [-0.05, 0) is 83.3 Å². The predicted octanol–water partition coefficient (Wildman–Crippen LogP) is 6.04. The van der Waals surface area contributed by atoms with Crippen molar-refractivity contribution >= 4 is 38.4 Å². The van der Waals surface area contributed by atoms with Crippen LogP contribution in [0, 0.1) is 24.7 Å². The van der Waals surface area contributed by atoms with Crippen LogP contribution in [-0.2, 0) is 32.2 Å². The van der Waals surface area contributed by atoms with E-state index in [1.54, 1.807) is 47.0 Å².